The Hall–Kier alpha value is -7.27. The van der Waals surface area contributed by atoms with Gasteiger partial charge in [0.25, 0.3) is 0 Å². The molecular formula is C54H37N3S. The van der Waals surface area contributed by atoms with Gasteiger partial charge >= 0.3 is 0 Å². The topological polar surface area (TPSA) is 11.4 Å². The van der Waals surface area contributed by atoms with Gasteiger partial charge < -0.3 is 4.90 Å². The summed E-state index contributed by atoms with van der Waals surface area (Å²) in [6.07, 6.45) is 0. The van der Waals surface area contributed by atoms with Crippen molar-refractivity contribution >= 4 is 67.7 Å². The van der Waals surface area contributed by atoms with Crippen LogP contribution in [0.25, 0.3) is 49.6 Å². The Morgan fingerprint density at radius 1 is 0.397 bits per heavy atom. The van der Waals surface area contributed by atoms with Crippen molar-refractivity contribution in [1.82, 2.24) is 4.57 Å². The van der Waals surface area contributed by atoms with E-state index in [1.165, 1.54) is 59.4 Å². The Morgan fingerprint density at radius 3 is 1.67 bits per heavy atom. The van der Waals surface area contributed by atoms with E-state index in [1.54, 1.807) is 0 Å². The fourth-order valence-electron chi connectivity index (χ4n) is 8.43. The van der Waals surface area contributed by atoms with Gasteiger partial charge in [0.1, 0.15) is 5.82 Å². The minimum atomic E-state index is 1.10. The van der Waals surface area contributed by atoms with Gasteiger partial charge in [-0.25, -0.2) is 0 Å². The van der Waals surface area contributed by atoms with E-state index in [0.29, 0.717) is 0 Å². The van der Waals surface area contributed by atoms with Crippen molar-refractivity contribution in [3.63, 3.8) is 0 Å². The Morgan fingerprint density at radius 2 is 0.948 bits per heavy atom. The van der Waals surface area contributed by atoms with E-state index in [4.69, 9.17) is 0 Å². The molecule has 10 aromatic rings. The van der Waals surface area contributed by atoms with Gasteiger partial charge in [-0.2, -0.15) is 0 Å². The summed E-state index contributed by atoms with van der Waals surface area (Å²) in [4.78, 5) is 7.30. The quantitative estimate of drug-likeness (QED) is 0.160. The summed E-state index contributed by atoms with van der Waals surface area (Å²) in [5.41, 5.74) is 12.8. The van der Waals surface area contributed by atoms with Crippen molar-refractivity contribution < 1.29 is 0 Å². The van der Waals surface area contributed by atoms with Crippen molar-refractivity contribution in [1.29, 1.82) is 0 Å². The Kier molecular flexibility index (Phi) is 8.41. The average Bonchev–Trinajstić information content (AvgIpc) is 3.62. The van der Waals surface area contributed by atoms with Crippen LogP contribution in [0.2, 0.25) is 0 Å². The van der Waals surface area contributed by atoms with E-state index >= 15 is 0 Å². The molecule has 9 aromatic carbocycles. The van der Waals surface area contributed by atoms with E-state index in [1.807, 2.05) is 11.8 Å². The molecule has 0 amide bonds. The number of fused-ring (bicyclic) bond motifs is 5. The van der Waals surface area contributed by atoms with Crippen LogP contribution in [0.5, 0.6) is 0 Å². The lowest BCUT2D eigenvalue weighted by Gasteiger charge is -2.32. The summed E-state index contributed by atoms with van der Waals surface area (Å²) in [5, 5.41) is 3.66. The maximum atomic E-state index is 2.43. The third kappa shape index (κ3) is 5.85. The van der Waals surface area contributed by atoms with Crippen LogP contribution in [-0.2, 0) is 0 Å². The Bertz CT molecular complexity index is 3060. The van der Waals surface area contributed by atoms with Crippen LogP contribution >= 0.6 is 11.8 Å². The van der Waals surface area contributed by atoms with Gasteiger partial charge in [-0.3, -0.25) is 9.47 Å². The molecule has 0 radical (unpaired) electrons. The highest BCUT2D eigenvalue weighted by molar-refractivity contribution is 8.00. The molecule has 3 nitrogen and oxygen atoms in total. The summed E-state index contributed by atoms with van der Waals surface area (Å²) in [5.74, 6) is 1.16. The fraction of sp³-hybridized carbons (Fsp3) is 0. The molecule has 0 saturated carbocycles. The highest BCUT2D eigenvalue weighted by Gasteiger charge is 2.32. The molecule has 0 aliphatic carbocycles. The minimum absolute atomic E-state index is 1.10. The van der Waals surface area contributed by atoms with Gasteiger partial charge in [0.05, 0.1) is 21.8 Å². The zero-order valence-electron chi connectivity index (χ0n) is 31.6. The number of aromatic nitrogens is 1. The van der Waals surface area contributed by atoms with Crippen LogP contribution < -0.4 is 9.80 Å². The maximum Gasteiger partial charge on any atom is 0.137 e. The molecule has 4 heteroatoms. The van der Waals surface area contributed by atoms with Crippen molar-refractivity contribution in [3.8, 4) is 27.9 Å². The first-order valence-corrected chi connectivity index (χ1v) is 20.5. The Labute approximate surface area is 342 Å². The molecule has 11 rings (SSSR count). The lowest BCUT2D eigenvalue weighted by Crippen LogP contribution is -2.17. The maximum absolute atomic E-state index is 2.43. The van der Waals surface area contributed by atoms with E-state index in [-0.39, 0.29) is 0 Å². The molecule has 0 fully saturated rings. The van der Waals surface area contributed by atoms with Gasteiger partial charge in [0.15, 0.2) is 0 Å². The van der Waals surface area contributed by atoms with Crippen molar-refractivity contribution in [3.05, 3.63) is 224 Å². The van der Waals surface area contributed by atoms with Crippen LogP contribution in [0.3, 0.4) is 0 Å². The van der Waals surface area contributed by atoms with Gasteiger partial charge in [-0.05, 0) is 107 Å². The zero-order valence-corrected chi connectivity index (χ0v) is 32.4. The van der Waals surface area contributed by atoms with Gasteiger partial charge in [0, 0.05) is 38.4 Å². The number of hydrogen-bond donors (Lipinski definition) is 0. The van der Waals surface area contributed by atoms with Crippen LogP contribution in [0.4, 0.5) is 34.3 Å². The van der Waals surface area contributed by atoms with E-state index in [2.05, 4.69) is 239 Å². The van der Waals surface area contributed by atoms with Crippen LogP contribution in [0.1, 0.15) is 0 Å². The molecule has 2 heterocycles. The van der Waals surface area contributed by atoms with Crippen molar-refractivity contribution in [2.45, 2.75) is 9.79 Å². The molecule has 0 saturated heterocycles. The molecule has 1 aromatic heterocycles. The van der Waals surface area contributed by atoms with Crippen LogP contribution in [0, 0.1) is 0 Å². The van der Waals surface area contributed by atoms with E-state index in [9.17, 15) is 0 Å². The normalized spacial score (nSPS) is 12.0. The van der Waals surface area contributed by atoms with E-state index < -0.39 is 0 Å². The third-order valence-electron chi connectivity index (χ3n) is 11.2. The lowest BCUT2D eigenvalue weighted by atomic mass is 10.0. The molecule has 0 spiro atoms. The lowest BCUT2D eigenvalue weighted by molar-refractivity contribution is 1.03. The van der Waals surface area contributed by atoms with Crippen molar-refractivity contribution in [2.24, 2.45) is 0 Å². The van der Waals surface area contributed by atoms with Crippen LogP contribution in [0.15, 0.2) is 234 Å². The molecule has 1 aliphatic heterocycles. The first-order chi connectivity index (χ1) is 28.8. The monoisotopic (exact) mass is 759 g/mol. The number of anilines is 6. The SMILES string of the molecule is c1ccc(-c2ccc(N(c3ccc(-c4ccc5c(c4)c4c(n5-c5ccccc5)N(c5ccccc5)c5ccccc5S4)cc3)c3cccc4ccccc34)cc2)cc1. The van der Waals surface area contributed by atoms with Gasteiger partial charge in [0.2, 0.25) is 0 Å². The molecule has 0 atom stereocenters. The number of para-hydroxylation sites is 3. The molecule has 1 aliphatic rings. The molecule has 0 unspecified atom stereocenters. The van der Waals surface area contributed by atoms with Crippen molar-refractivity contribution in [2.75, 3.05) is 9.80 Å². The smallest absolute Gasteiger partial charge is 0.137 e. The predicted octanol–water partition coefficient (Wildman–Crippen LogP) is 15.5. The van der Waals surface area contributed by atoms with E-state index in [0.717, 1.165) is 34.3 Å². The van der Waals surface area contributed by atoms with Gasteiger partial charge in [-0.15, -0.1) is 0 Å². The average molecular weight is 760 g/mol. The molecule has 0 bridgehead atoms. The number of nitrogens with zero attached hydrogens (tertiary/aromatic N) is 3. The standard InChI is InChI=1S/C54H37N3S/c1-4-15-38(16-5-1)39-27-32-45(33-28-39)55(49-25-14-18-41-17-10-11-23-47(41)49)46-34-29-40(30-35-46)42-31-36-50-48(37-42)53-54(56(50)43-19-6-2-7-20-43)57(44-21-8-3-9-22-44)51-24-12-13-26-52(51)58-53/h1-37H. The predicted molar refractivity (Wildman–Crippen MR) is 245 cm³/mol. The summed E-state index contributed by atoms with van der Waals surface area (Å²) < 4.78 is 2.43. The fourth-order valence-corrected chi connectivity index (χ4v) is 9.60. The first kappa shape index (κ1) is 34.0. The second kappa shape index (κ2) is 14.3. The summed E-state index contributed by atoms with van der Waals surface area (Å²) in [6.45, 7) is 0. The highest BCUT2D eigenvalue weighted by atomic mass is 32.2. The summed E-state index contributed by atoms with van der Waals surface area (Å²) >= 11 is 1.86. The zero-order chi connectivity index (χ0) is 38.4. The highest BCUT2D eigenvalue weighted by Crippen LogP contribution is 2.56. The number of rotatable bonds is 7. The van der Waals surface area contributed by atoms with Crippen LogP contribution in [-0.4, -0.2) is 4.57 Å². The number of benzene rings is 9. The second-order valence-corrected chi connectivity index (χ2v) is 15.6. The largest absolute Gasteiger partial charge is 0.310 e. The molecular weight excluding hydrogens is 723 g/mol. The second-order valence-electron chi connectivity index (χ2n) is 14.6. The first-order valence-electron chi connectivity index (χ1n) is 19.7. The molecule has 274 valence electrons. The summed E-state index contributed by atoms with van der Waals surface area (Å²) in [7, 11) is 0. The number of hydrogen-bond acceptors (Lipinski definition) is 3. The third-order valence-corrected chi connectivity index (χ3v) is 12.3. The van der Waals surface area contributed by atoms with Gasteiger partial charge in [-0.1, -0.05) is 157 Å². The Balaban J connectivity index is 1.04. The summed E-state index contributed by atoms with van der Waals surface area (Å²) in [6, 6.07) is 81.0. The molecule has 58 heavy (non-hydrogen) atoms. The molecule has 0 N–H and O–H groups in total. The minimum Gasteiger partial charge on any atom is -0.310 e.